The van der Waals surface area contributed by atoms with Gasteiger partial charge in [-0.15, -0.1) is 0 Å². The van der Waals surface area contributed by atoms with Crippen molar-refractivity contribution in [1.82, 2.24) is 0 Å². The van der Waals surface area contributed by atoms with Crippen molar-refractivity contribution in [2.45, 2.75) is 19.8 Å². The summed E-state index contributed by atoms with van der Waals surface area (Å²) >= 11 is 10.8. The van der Waals surface area contributed by atoms with Crippen LogP contribution >= 0.6 is 23.8 Å². The Balaban J connectivity index is 2.81. The van der Waals surface area contributed by atoms with Crippen LogP contribution < -0.4 is 10.5 Å². The summed E-state index contributed by atoms with van der Waals surface area (Å²) in [7, 11) is 0. The van der Waals surface area contributed by atoms with Crippen molar-refractivity contribution in [2.75, 3.05) is 6.61 Å². The summed E-state index contributed by atoms with van der Waals surface area (Å²) in [6, 6.07) is 5.59. The lowest BCUT2D eigenvalue weighted by molar-refractivity contribution is 0.336. The maximum absolute atomic E-state index is 5.91. The number of benzene rings is 1. The van der Waals surface area contributed by atoms with E-state index in [0.717, 1.165) is 17.7 Å². The van der Waals surface area contributed by atoms with Crippen LogP contribution in [0.2, 0.25) is 5.02 Å². The molecule has 15 heavy (non-hydrogen) atoms. The molecule has 1 aromatic carbocycles. The molecule has 0 aliphatic heterocycles. The van der Waals surface area contributed by atoms with E-state index in [0.29, 0.717) is 23.0 Å². The van der Waals surface area contributed by atoms with Crippen LogP contribution in [0.4, 0.5) is 0 Å². The second kappa shape index (κ2) is 5.93. The Morgan fingerprint density at radius 3 is 2.87 bits per heavy atom. The van der Waals surface area contributed by atoms with Gasteiger partial charge in [0.25, 0.3) is 0 Å². The van der Waals surface area contributed by atoms with E-state index in [1.54, 1.807) is 0 Å². The van der Waals surface area contributed by atoms with E-state index in [9.17, 15) is 0 Å². The largest absolute Gasteiger partial charge is 0.494 e. The SMILES string of the molecule is CCOc1ccc(Cl)cc1CCC(N)=S. The van der Waals surface area contributed by atoms with Crippen molar-refractivity contribution in [3.8, 4) is 5.75 Å². The molecule has 2 N–H and O–H groups in total. The zero-order valence-corrected chi connectivity index (χ0v) is 10.2. The van der Waals surface area contributed by atoms with E-state index < -0.39 is 0 Å². The third kappa shape index (κ3) is 4.06. The van der Waals surface area contributed by atoms with Crippen molar-refractivity contribution >= 4 is 28.8 Å². The molecular formula is C11H14ClNOS. The second-order valence-corrected chi connectivity index (χ2v) is 4.11. The third-order valence-corrected chi connectivity index (χ3v) is 2.40. The fourth-order valence-corrected chi connectivity index (χ4v) is 1.59. The molecule has 0 aliphatic carbocycles. The number of hydrogen-bond donors (Lipinski definition) is 1. The molecule has 0 radical (unpaired) electrons. The van der Waals surface area contributed by atoms with Crippen molar-refractivity contribution in [3.63, 3.8) is 0 Å². The molecule has 0 aromatic heterocycles. The van der Waals surface area contributed by atoms with Gasteiger partial charge in [0, 0.05) is 11.4 Å². The first-order valence-corrected chi connectivity index (χ1v) is 5.61. The zero-order chi connectivity index (χ0) is 11.3. The lowest BCUT2D eigenvalue weighted by atomic mass is 10.1. The summed E-state index contributed by atoms with van der Waals surface area (Å²) in [4.78, 5) is 0.512. The predicted octanol–water partition coefficient (Wildman–Crippen LogP) is 2.96. The average Bonchev–Trinajstić information content (AvgIpc) is 2.18. The Labute approximate surface area is 100 Å². The molecule has 0 bridgehead atoms. The van der Waals surface area contributed by atoms with Gasteiger partial charge in [-0.3, -0.25) is 0 Å². The van der Waals surface area contributed by atoms with Gasteiger partial charge in [0.15, 0.2) is 0 Å². The fourth-order valence-electron chi connectivity index (χ4n) is 1.30. The smallest absolute Gasteiger partial charge is 0.122 e. The molecule has 0 fully saturated rings. The summed E-state index contributed by atoms with van der Waals surface area (Å²) < 4.78 is 5.48. The summed E-state index contributed by atoms with van der Waals surface area (Å²) in [5.74, 6) is 0.859. The Bertz CT molecular complexity index is 354. The number of rotatable bonds is 5. The third-order valence-electron chi connectivity index (χ3n) is 1.96. The lowest BCUT2D eigenvalue weighted by Gasteiger charge is -2.10. The number of ether oxygens (including phenoxy) is 1. The monoisotopic (exact) mass is 243 g/mol. The van der Waals surface area contributed by atoms with Gasteiger partial charge in [-0.1, -0.05) is 23.8 Å². The van der Waals surface area contributed by atoms with Crippen LogP contribution in [0.15, 0.2) is 18.2 Å². The van der Waals surface area contributed by atoms with Crippen LogP contribution in [0.1, 0.15) is 18.9 Å². The van der Waals surface area contributed by atoms with E-state index >= 15 is 0 Å². The molecule has 82 valence electrons. The first-order chi connectivity index (χ1) is 7.13. The standard InChI is InChI=1S/C11H14ClNOS/c1-2-14-10-5-4-9(12)7-8(10)3-6-11(13)15/h4-5,7H,2-3,6H2,1H3,(H2,13,15). The van der Waals surface area contributed by atoms with Gasteiger partial charge in [-0.05, 0) is 37.1 Å². The van der Waals surface area contributed by atoms with E-state index in [1.165, 1.54) is 0 Å². The van der Waals surface area contributed by atoms with E-state index in [-0.39, 0.29) is 0 Å². The lowest BCUT2D eigenvalue weighted by Crippen LogP contribution is -2.09. The van der Waals surface area contributed by atoms with Gasteiger partial charge in [0.05, 0.1) is 11.6 Å². The highest BCUT2D eigenvalue weighted by molar-refractivity contribution is 7.80. The van der Waals surface area contributed by atoms with E-state index in [1.807, 2.05) is 25.1 Å². The molecule has 0 saturated heterocycles. The van der Waals surface area contributed by atoms with Crippen LogP contribution in [0.25, 0.3) is 0 Å². The minimum absolute atomic E-state index is 0.512. The van der Waals surface area contributed by atoms with E-state index in [2.05, 4.69) is 0 Å². The molecule has 0 atom stereocenters. The number of thiocarbonyl (C=S) groups is 1. The molecule has 0 saturated carbocycles. The van der Waals surface area contributed by atoms with Gasteiger partial charge < -0.3 is 10.5 Å². The molecule has 1 rings (SSSR count). The summed E-state index contributed by atoms with van der Waals surface area (Å²) in [6.45, 7) is 2.59. The number of hydrogen-bond acceptors (Lipinski definition) is 2. The van der Waals surface area contributed by atoms with Crippen molar-refractivity contribution in [2.24, 2.45) is 5.73 Å². The van der Waals surface area contributed by atoms with E-state index in [4.69, 9.17) is 34.3 Å². The van der Waals surface area contributed by atoms with Gasteiger partial charge in [0.2, 0.25) is 0 Å². The number of nitrogens with two attached hydrogens (primary N) is 1. The van der Waals surface area contributed by atoms with Crippen molar-refractivity contribution in [1.29, 1.82) is 0 Å². The highest BCUT2D eigenvalue weighted by atomic mass is 35.5. The highest BCUT2D eigenvalue weighted by Gasteiger charge is 2.04. The Hall–Kier alpha value is -0.800. The van der Waals surface area contributed by atoms with Crippen LogP contribution in [-0.4, -0.2) is 11.6 Å². The first-order valence-electron chi connectivity index (χ1n) is 4.83. The molecule has 0 aliphatic rings. The molecule has 4 heteroatoms. The summed E-state index contributed by atoms with van der Waals surface area (Å²) in [6.07, 6.45) is 1.45. The van der Waals surface area contributed by atoms with Crippen LogP contribution in [0.3, 0.4) is 0 Å². The average molecular weight is 244 g/mol. The zero-order valence-electron chi connectivity index (χ0n) is 8.63. The van der Waals surface area contributed by atoms with Gasteiger partial charge in [0.1, 0.15) is 5.75 Å². The molecule has 0 amide bonds. The Kier molecular flexibility index (Phi) is 4.85. The normalized spacial score (nSPS) is 10.0. The minimum atomic E-state index is 0.512. The Morgan fingerprint density at radius 1 is 1.53 bits per heavy atom. The second-order valence-electron chi connectivity index (χ2n) is 3.15. The molecule has 2 nitrogen and oxygen atoms in total. The predicted molar refractivity (Wildman–Crippen MR) is 67.7 cm³/mol. The quantitative estimate of drug-likeness (QED) is 0.808. The summed E-state index contributed by atoms with van der Waals surface area (Å²) in [5.41, 5.74) is 6.51. The maximum atomic E-state index is 5.91. The number of aryl methyl sites for hydroxylation is 1. The topological polar surface area (TPSA) is 35.2 Å². The molecule has 0 unspecified atom stereocenters. The maximum Gasteiger partial charge on any atom is 0.122 e. The molecule has 1 aromatic rings. The van der Waals surface area contributed by atoms with Gasteiger partial charge in [-0.2, -0.15) is 0 Å². The van der Waals surface area contributed by atoms with Crippen LogP contribution in [0, 0.1) is 0 Å². The number of halogens is 1. The van der Waals surface area contributed by atoms with Crippen LogP contribution in [0.5, 0.6) is 5.75 Å². The minimum Gasteiger partial charge on any atom is -0.494 e. The highest BCUT2D eigenvalue weighted by Crippen LogP contribution is 2.24. The molecular weight excluding hydrogens is 230 g/mol. The Morgan fingerprint density at radius 2 is 2.27 bits per heavy atom. The van der Waals surface area contributed by atoms with Gasteiger partial charge in [-0.25, -0.2) is 0 Å². The molecule has 0 heterocycles. The van der Waals surface area contributed by atoms with Gasteiger partial charge >= 0.3 is 0 Å². The fraction of sp³-hybridized carbons (Fsp3) is 0.364. The van der Waals surface area contributed by atoms with Crippen molar-refractivity contribution in [3.05, 3.63) is 28.8 Å². The first kappa shape index (κ1) is 12.3. The van der Waals surface area contributed by atoms with Crippen molar-refractivity contribution < 1.29 is 4.74 Å². The van der Waals surface area contributed by atoms with Crippen LogP contribution in [-0.2, 0) is 6.42 Å². The molecule has 0 spiro atoms. The summed E-state index contributed by atoms with van der Waals surface area (Å²) in [5, 5.41) is 0.705.